The third-order valence-corrected chi connectivity index (χ3v) is 1.18. The first-order valence-electron chi connectivity index (χ1n) is 3.75. The predicted octanol–water partition coefficient (Wildman–Crippen LogP) is 1.53. The Bertz CT molecular complexity index is 195. The average Bonchev–Trinajstić information content (AvgIpc) is 1.98. The monoisotopic (exact) mass is 169 g/mol. The van der Waals surface area contributed by atoms with Gasteiger partial charge in [0.25, 0.3) is 0 Å². The smallest absolute Gasteiger partial charge is 0.352 e. The van der Waals surface area contributed by atoms with Crippen LogP contribution in [-0.2, 0) is 9.63 Å². The van der Waals surface area contributed by atoms with Crippen LogP contribution >= 0.6 is 0 Å². The number of nitrogens with zero attached hydrogens (tertiary/aromatic N) is 1. The third kappa shape index (κ3) is 4.68. The van der Waals surface area contributed by atoms with Crippen LogP contribution < -0.4 is 0 Å². The molecule has 0 unspecified atom stereocenters. The van der Waals surface area contributed by atoms with Crippen LogP contribution in [0.2, 0.25) is 0 Å². The zero-order chi connectivity index (χ0) is 9.56. The highest BCUT2D eigenvalue weighted by Gasteiger charge is 2.05. The van der Waals surface area contributed by atoms with Gasteiger partial charge in [0, 0.05) is 19.7 Å². The summed E-state index contributed by atoms with van der Waals surface area (Å²) in [5, 5.41) is 1.37. The lowest BCUT2D eigenvalue weighted by Crippen LogP contribution is -2.18. The lowest BCUT2D eigenvalue weighted by molar-refractivity contribution is -0.172. The van der Waals surface area contributed by atoms with Gasteiger partial charge in [0.15, 0.2) is 0 Å². The van der Waals surface area contributed by atoms with Gasteiger partial charge in [-0.25, -0.2) is 4.79 Å². The highest BCUT2D eigenvalue weighted by molar-refractivity contribution is 5.87. The third-order valence-electron chi connectivity index (χ3n) is 1.18. The van der Waals surface area contributed by atoms with Crippen LogP contribution in [0.5, 0.6) is 0 Å². The molecule has 0 bridgehead atoms. The van der Waals surface area contributed by atoms with E-state index >= 15 is 0 Å². The Kier molecular flexibility index (Phi) is 5.04. The lowest BCUT2D eigenvalue weighted by Gasteiger charge is -2.09. The largest absolute Gasteiger partial charge is 0.365 e. The normalized spacial score (nSPS) is 11.5. The topological polar surface area (TPSA) is 29.5 Å². The van der Waals surface area contributed by atoms with Crippen molar-refractivity contribution in [2.45, 2.75) is 13.3 Å². The molecule has 0 atom stereocenters. The van der Waals surface area contributed by atoms with Crippen molar-refractivity contribution in [3.63, 3.8) is 0 Å². The molecule has 0 aliphatic rings. The van der Waals surface area contributed by atoms with Gasteiger partial charge >= 0.3 is 5.97 Å². The van der Waals surface area contributed by atoms with E-state index in [4.69, 9.17) is 4.84 Å². The van der Waals surface area contributed by atoms with Crippen molar-refractivity contribution in [2.75, 3.05) is 14.1 Å². The molecule has 0 saturated heterocycles. The molecule has 0 rings (SSSR count). The van der Waals surface area contributed by atoms with E-state index < -0.39 is 0 Å². The fourth-order valence-corrected chi connectivity index (χ4v) is 0.581. The molecule has 0 amide bonds. The van der Waals surface area contributed by atoms with Crippen LogP contribution in [0.4, 0.5) is 0 Å². The minimum Gasteiger partial charge on any atom is -0.365 e. The maximum atomic E-state index is 11.1. The molecule has 0 aromatic rings. The second kappa shape index (κ2) is 5.55. The van der Waals surface area contributed by atoms with Crippen molar-refractivity contribution in [2.24, 2.45) is 0 Å². The number of allylic oxidation sites excluding steroid dienone is 2. The Labute approximate surface area is 73.3 Å². The second-order valence-corrected chi connectivity index (χ2v) is 2.60. The van der Waals surface area contributed by atoms with Gasteiger partial charge in [0.2, 0.25) is 0 Å². The Hall–Kier alpha value is -1.09. The molecule has 0 heterocycles. The standard InChI is InChI=1S/C9H15NO2/c1-5-6-7-8(2)9(11)12-10(3)4/h5,7H,1,6H2,2-4H3. The van der Waals surface area contributed by atoms with E-state index in [1.807, 2.05) is 0 Å². The molecule has 3 nitrogen and oxygen atoms in total. The quantitative estimate of drug-likeness (QED) is 0.363. The van der Waals surface area contributed by atoms with E-state index in [0.29, 0.717) is 12.0 Å². The number of hydrogen-bond donors (Lipinski definition) is 0. The minimum absolute atomic E-state index is 0.318. The summed E-state index contributed by atoms with van der Waals surface area (Å²) >= 11 is 0. The van der Waals surface area contributed by atoms with Gasteiger partial charge in [-0.15, -0.1) is 11.6 Å². The Morgan fingerprint density at radius 2 is 2.17 bits per heavy atom. The molecule has 0 aliphatic heterocycles. The molecule has 0 aliphatic carbocycles. The first kappa shape index (κ1) is 10.9. The van der Waals surface area contributed by atoms with Crippen molar-refractivity contribution >= 4 is 5.97 Å². The van der Waals surface area contributed by atoms with E-state index in [1.165, 1.54) is 5.06 Å². The fourth-order valence-electron chi connectivity index (χ4n) is 0.581. The summed E-state index contributed by atoms with van der Waals surface area (Å²) < 4.78 is 0. The van der Waals surface area contributed by atoms with Crippen molar-refractivity contribution < 1.29 is 9.63 Å². The number of hydroxylamine groups is 2. The molecule has 3 heteroatoms. The van der Waals surface area contributed by atoms with E-state index in [2.05, 4.69) is 6.58 Å². The van der Waals surface area contributed by atoms with Crippen LogP contribution in [0.15, 0.2) is 24.3 Å². The van der Waals surface area contributed by atoms with Crippen LogP contribution in [0.3, 0.4) is 0 Å². The zero-order valence-corrected chi connectivity index (χ0v) is 7.83. The van der Waals surface area contributed by atoms with Gasteiger partial charge in [-0.05, 0) is 13.3 Å². The first-order chi connectivity index (χ1) is 5.57. The van der Waals surface area contributed by atoms with Crippen LogP contribution in [-0.4, -0.2) is 25.1 Å². The van der Waals surface area contributed by atoms with Crippen LogP contribution in [0.25, 0.3) is 0 Å². The van der Waals surface area contributed by atoms with Gasteiger partial charge in [-0.3, -0.25) is 0 Å². The zero-order valence-electron chi connectivity index (χ0n) is 7.83. The minimum atomic E-state index is -0.318. The number of hydrogen-bond acceptors (Lipinski definition) is 3. The van der Waals surface area contributed by atoms with E-state index in [-0.39, 0.29) is 5.97 Å². The summed E-state index contributed by atoms with van der Waals surface area (Å²) in [6.07, 6.45) is 4.19. The molecule has 0 aromatic carbocycles. The van der Waals surface area contributed by atoms with Crippen molar-refractivity contribution in [3.8, 4) is 0 Å². The van der Waals surface area contributed by atoms with Gasteiger partial charge in [-0.2, -0.15) is 0 Å². The molecule has 0 fully saturated rings. The van der Waals surface area contributed by atoms with Gasteiger partial charge in [0.05, 0.1) is 0 Å². The number of carbonyl (C=O) groups excluding carboxylic acids is 1. The first-order valence-corrected chi connectivity index (χ1v) is 3.75. The van der Waals surface area contributed by atoms with Crippen LogP contribution in [0, 0.1) is 0 Å². The molecule has 68 valence electrons. The molecule has 0 spiro atoms. The Morgan fingerprint density at radius 3 is 2.58 bits per heavy atom. The lowest BCUT2D eigenvalue weighted by atomic mass is 10.2. The van der Waals surface area contributed by atoms with Gasteiger partial charge in [0.1, 0.15) is 0 Å². The summed E-state index contributed by atoms with van der Waals surface area (Å²) in [7, 11) is 3.33. The summed E-state index contributed by atoms with van der Waals surface area (Å²) in [5.74, 6) is -0.318. The van der Waals surface area contributed by atoms with Crippen molar-refractivity contribution in [1.82, 2.24) is 5.06 Å². The van der Waals surface area contributed by atoms with E-state index in [0.717, 1.165) is 0 Å². The highest BCUT2D eigenvalue weighted by Crippen LogP contribution is 1.99. The maximum Gasteiger partial charge on any atom is 0.352 e. The predicted molar refractivity (Wildman–Crippen MR) is 48.4 cm³/mol. The summed E-state index contributed by atoms with van der Waals surface area (Å²) in [6.45, 7) is 5.26. The summed E-state index contributed by atoms with van der Waals surface area (Å²) in [6, 6.07) is 0. The Morgan fingerprint density at radius 1 is 1.58 bits per heavy atom. The molecular weight excluding hydrogens is 154 g/mol. The van der Waals surface area contributed by atoms with Crippen LogP contribution in [0.1, 0.15) is 13.3 Å². The summed E-state index contributed by atoms with van der Waals surface area (Å²) in [4.78, 5) is 15.9. The highest BCUT2D eigenvalue weighted by atomic mass is 16.7. The number of carbonyl (C=O) groups is 1. The molecule has 0 radical (unpaired) electrons. The van der Waals surface area contributed by atoms with Crippen molar-refractivity contribution in [1.29, 1.82) is 0 Å². The molecule has 0 aromatic heterocycles. The SMILES string of the molecule is C=CCC=C(C)C(=O)ON(C)C. The molecule has 0 saturated carbocycles. The second-order valence-electron chi connectivity index (χ2n) is 2.60. The van der Waals surface area contributed by atoms with Crippen molar-refractivity contribution in [3.05, 3.63) is 24.3 Å². The molecule has 12 heavy (non-hydrogen) atoms. The van der Waals surface area contributed by atoms with E-state index in [1.54, 1.807) is 33.2 Å². The molecular formula is C9H15NO2. The average molecular weight is 169 g/mol. The van der Waals surface area contributed by atoms with Gasteiger partial charge in [-0.1, -0.05) is 12.2 Å². The van der Waals surface area contributed by atoms with Gasteiger partial charge < -0.3 is 4.84 Å². The summed E-state index contributed by atoms with van der Waals surface area (Å²) in [5.41, 5.74) is 0.601. The Balaban J connectivity index is 4.00. The number of rotatable bonds is 4. The van der Waals surface area contributed by atoms with E-state index in [9.17, 15) is 4.79 Å². The fraction of sp³-hybridized carbons (Fsp3) is 0.444. The molecule has 0 N–H and O–H groups in total. The maximum absolute atomic E-state index is 11.1.